The summed E-state index contributed by atoms with van der Waals surface area (Å²) in [4.78, 5) is 0. The summed E-state index contributed by atoms with van der Waals surface area (Å²) in [5.41, 5.74) is 2.55. The number of rotatable bonds is 3. The topological polar surface area (TPSA) is 52.5 Å². The van der Waals surface area contributed by atoms with Gasteiger partial charge in [0.15, 0.2) is 0 Å². The molecular formula is C12H17NO2. The SMILES string of the molecule is OCCNC1Cc2ccccc2CC1O. The van der Waals surface area contributed by atoms with Crippen molar-refractivity contribution in [2.45, 2.75) is 25.0 Å². The van der Waals surface area contributed by atoms with E-state index in [9.17, 15) is 5.11 Å². The fourth-order valence-electron chi connectivity index (χ4n) is 2.15. The molecular weight excluding hydrogens is 190 g/mol. The molecule has 0 saturated carbocycles. The van der Waals surface area contributed by atoms with Gasteiger partial charge in [-0.05, 0) is 17.5 Å². The Kier molecular flexibility index (Phi) is 3.36. The van der Waals surface area contributed by atoms with E-state index in [1.165, 1.54) is 11.1 Å². The predicted molar refractivity (Wildman–Crippen MR) is 58.7 cm³/mol. The average molecular weight is 207 g/mol. The largest absolute Gasteiger partial charge is 0.395 e. The van der Waals surface area contributed by atoms with Crippen LogP contribution in [0.4, 0.5) is 0 Å². The lowest BCUT2D eigenvalue weighted by Crippen LogP contribution is -2.46. The second-order valence-electron chi connectivity index (χ2n) is 4.03. The number of aliphatic hydroxyl groups is 2. The average Bonchev–Trinajstić information content (AvgIpc) is 2.26. The Morgan fingerprint density at radius 3 is 2.53 bits per heavy atom. The van der Waals surface area contributed by atoms with Crippen molar-refractivity contribution in [1.82, 2.24) is 5.32 Å². The van der Waals surface area contributed by atoms with Crippen LogP contribution in [0.15, 0.2) is 24.3 Å². The van der Waals surface area contributed by atoms with E-state index in [0.29, 0.717) is 13.0 Å². The molecule has 2 unspecified atom stereocenters. The van der Waals surface area contributed by atoms with Crippen molar-refractivity contribution in [2.24, 2.45) is 0 Å². The first-order valence-corrected chi connectivity index (χ1v) is 5.40. The van der Waals surface area contributed by atoms with Crippen LogP contribution < -0.4 is 5.32 Å². The third-order valence-corrected chi connectivity index (χ3v) is 2.97. The van der Waals surface area contributed by atoms with Gasteiger partial charge in [0.2, 0.25) is 0 Å². The van der Waals surface area contributed by atoms with Gasteiger partial charge in [0.05, 0.1) is 12.7 Å². The zero-order valence-electron chi connectivity index (χ0n) is 8.69. The normalized spacial score (nSPS) is 24.9. The number of nitrogens with one attached hydrogen (secondary N) is 1. The molecule has 3 nitrogen and oxygen atoms in total. The van der Waals surface area contributed by atoms with Crippen molar-refractivity contribution >= 4 is 0 Å². The highest BCUT2D eigenvalue weighted by Crippen LogP contribution is 2.21. The molecule has 1 aliphatic carbocycles. The van der Waals surface area contributed by atoms with Crippen LogP contribution >= 0.6 is 0 Å². The second-order valence-corrected chi connectivity index (χ2v) is 4.03. The summed E-state index contributed by atoms with van der Waals surface area (Å²) >= 11 is 0. The fourth-order valence-corrected chi connectivity index (χ4v) is 2.15. The van der Waals surface area contributed by atoms with Gasteiger partial charge in [0.1, 0.15) is 0 Å². The van der Waals surface area contributed by atoms with Crippen molar-refractivity contribution in [3.63, 3.8) is 0 Å². The van der Waals surface area contributed by atoms with E-state index in [2.05, 4.69) is 17.4 Å². The summed E-state index contributed by atoms with van der Waals surface area (Å²) in [7, 11) is 0. The van der Waals surface area contributed by atoms with E-state index in [4.69, 9.17) is 5.11 Å². The number of fused-ring (bicyclic) bond motifs is 1. The summed E-state index contributed by atoms with van der Waals surface area (Å²) in [5.74, 6) is 0. The number of benzene rings is 1. The van der Waals surface area contributed by atoms with Crippen LogP contribution in [0.2, 0.25) is 0 Å². The van der Waals surface area contributed by atoms with Crippen molar-refractivity contribution in [2.75, 3.05) is 13.2 Å². The van der Waals surface area contributed by atoms with Gasteiger partial charge in [-0.3, -0.25) is 0 Å². The lowest BCUT2D eigenvalue weighted by atomic mass is 9.86. The van der Waals surface area contributed by atoms with Gasteiger partial charge in [-0.25, -0.2) is 0 Å². The molecule has 3 heteroatoms. The maximum atomic E-state index is 9.90. The molecule has 0 saturated heterocycles. The van der Waals surface area contributed by atoms with E-state index in [1.54, 1.807) is 0 Å². The van der Waals surface area contributed by atoms with Gasteiger partial charge < -0.3 is 15.5 Å². The molecule has 0 spiro atoms. The molecule has 0 heterocycles. The minimum Gasteiger partial charge on any atom is -0.395 e. The zero-order valence-corrected chi connectivity index (χ0v) is 8.69. The highest BCUT2D eigenvalue weighted by atomic mass is 16.3. The van der Waals surface area contributed by atoms with Crippen LogP contribution in [0.3, 0.4) is 0 Å². The molecule has 15 heavy (non-hydrogen) atoms. The van der Waals surface area contributed by atoms with Crippen LogP contribution in [0.25, 0.3) is 0 Å². The van der Waals surface area contributed by atoms with Crippen LogP contribution in [0.1, 0.15) is 11.1 Å². The van der Waals surface area contributed by atoms with E-state index in [-0.39, 0.29) is 18.8 Å². The zero-order chi connectivity index (χ0) is 10.7. The Morgan fingerprint density at radius 1 is 1.20 bits per heavy atom. The maximum absolute atomic E-state index is 9.90. The molecule has 0 bridgehead atoms. The molecule has 2 atom stereocenters. The highest BCUT2D eigenvalue weighted by molar-refractivity contribution is 5.31. The van der Waals surface area contributed by atoms with E-state index < -0.39 is 0 Å². The lowest BCUT2D eigenvalue weighted by Gasteiger charge is -2.30. The summed E-state index contributed by atoms with van der Waals surface area (Å²) in [6, 6.07) is 8.29. The Balaban J connectivity index is 2.08. The summed E-state index contributed by atoms with van der Waals surface area (Å²) < 4.78 is 0. The molecule has 82 valence electrons. The predicted octanol–water partition coefficient (Wildman–Crippen LogP) is 0.0966. The first-order valence-electron chi connectivity index (χ1n) is 5.40. The Hall–Kier alpha value is -0.900. The van der Waals surface area contributed by atoms with Crippen LogP contribution in [-0.2, 0) is 12.8 Å². The molecule has 0 fully saturated rings. The molecule has 3 N–H and O–H groups in total. The van der Waals surface area contributed by atoms with Crippen molar-refractivity contribution in [1.29, 1.82) is 0 Å². The van der Waals surface area contributed by atoms with E-state index in [0.717, 1.165) is 6.42 Å². The second kappa shape index (κ2) is 4.75. The molecule has 0 amide bonds. The monoisotopic (exact) mass is 207 g/mol. The number of hydrogen-bond donors (Lipinski definition) is 3. The highest BCUT2D eigenvalue weighted by Gasteiger charge is 2.25. The van der Waals surface area contributed by atoms with E-state index >= 15 is 0 Å². The van der Waals surface area contributed by atoms with Gasteiger partial charge in [0, 0.05) is 19.0 Å². The standard InChI is InChI=1S/C12H17NO2/c14-6-5-13-11-7-9-3-1-2-4-10(9)8-12(11)15/h1-4,11-15H,5-8H2. The van der Waals surface area contributed by atoms with Gasteiger partial charge >= 0.3 is 0 Å². The lowest BCUT2D eigenvalue weighted by molar-refractivity contribution is 0.116. The first kappa shape index (κ1) is 10.6. The third-order valence-electron chi connectivity index (χ3n) is 2.97. The summed E-state index contributed by atoms with van der Waals surface area (Å²) in [6.45, 7) is 0.661. The maximum Gasteiger partial charge on any atom is 0.0736 e. The molecule has 1 aromatic rings. The molecule has 1 aromatic carbocycles. The third kappa shape index (κ3) is 2.37. The van der Waals surface area contributed by atoms with Crippen molar-refractivity contribution in [3.05, 3.63) is 35.4 Å². The minimum absolute atomic E-state index is 0.0760. The quantitative estimate of drug-likeness (QED) is 0.659. The number of aliphatic hydroxyl groups excluding tert-OH is 2. The summed E-state index contributed by atoms with van der Waals surface area (Å²) in [5, 5.41) is 21.8. The molecule has 0 aromatic heterocycles. The number of hydrogen-bond acceptors (Lipinski definition) is 3. The van der Waals surface area contributed by atoms with Crippen LogP contribution in [0.5, 0.6) is 0 Å². The van der Waals surface area contributed by atoms with Crippen LogP contribution in [-0.4, -0.2) is 35.5 Å². The van der Waals surface area contributed by atoms with Gasteiger partial charge in [-0.2, -0.15) is 0 Å². The van der Waals surface area contributed by atoms with Crippen molar-refractivity contribution < 1.29 is 10.2 Å². The smallest absolute Gasteiger partial charge is 0.0736 e. The van der Waals surface area contributed by atoms with Crippen LogP contribution in [0, 0.1) is 0 Å². The molecule has 1 aliphatic rings. The Morgan fingerprint density at radius 2 is 1.87 bits per heavy atom. The van der Waals surface area contributed by atoms with Gasteiger partial charge in [-0.1, -0.05) is 24.3 Å². The van der Waals surface area contributed by atoms with Gasteiger partial charge in [-0.15, -0.1) is 0 Å². The Labute approximate surface area is 89.8 Å². The Bertz CT molecular complexity index is 327. The molecule has 0 aliphatic heterocycles. The van der Waals surface area contributed by atoms with Crippen molar-refractivity contribution in [3.8, 4) is 0 Å². The van der Waals surface area contributed by atoms with Gasteiger partial charge in [0.25, 0.3) is 0 Å². The van der Waals surface area contributed by atoms with E-state index in [1.807, 2.05) is 12.1 Å². The fraction of sp³-hybridized carbons (Fsp3) is 0.500. The first-order chi connectivity index (χ1) is 7.31. The summed E-state index contributed by atoms with van der Waals surface area (Å²) in [6.07, 6.45) is 1.21. The molecule has 2 rings (SSSR count). The molecule has 0 radical (unpaired) electrons. The minimum atomic E-state index is -0.341.